The Morgan fingerprint density at radius 2 is 2.04 bits per heavy atom. The van der Waals surface area contributed by atoms with Crippen LogP contribution in [0.25, 0.3) is 10.9 Å². The van der Waals surface area contributed by atoms with E-state index in [1.807, 2.05) is 30.3 Å². The van der Waals surface area contributed by atoms with Crippen LogP contribution in [-0.2, 0) is 0 Å². The number of aromatic nitrogens is 1. The van der Waals surface area contributed by atoms with E-state index in [9.17, 15) is 9.90 Å². The highest BCUT2D eigenvalue weighted by atomic mass is 79.9. The number of hydrazone groups is 1. The van der Waals surface area contributed by atoms with Gasteiger partial charge in [-0.3, -0.25) is 9.78 Å². The van der Waals surface area contributed by atoms with Crippen molar-refractivity contribution in [3.05, 3.63) is 69.8 Å². The molecule has 1 aromatic heterocycles. The molecule has 0 aliphatic heterocycles. The zero-order valence-corrected chi connectivity index (χ0v) is 15.4. The number of hydrogen-bond donors (Lipinski definition) is 2. The van der Waals surface area contributed by atoms with E-state index < -0.39 is 0 Å². The first-order chi connectivity index (χ1) is 12.6. The summed E-state index contributed by atoms with van der Waals surface area (Å²) in [6.45, 7) is 0. The number of rotatable bonds is 4. The summed E-state index contributed by atoms with van der Waals surface area (Å²) >= 11 is 3.34. The van der Waals surface area contributed by atoms with Crippen LogP contribution < -0.4 is 5.43 Å². The second-order valence-electron chi connectivity index (χ2n) is 6.29. The van der Waals surface area contributed by atoms with Crippen LogP contribution >= 0.6 is 15.9 Å². The predicted molar refractivity (Wildman–Crippen MR) is 105 cm³/mol. The zero-order chi connectivity index (χ0) is 18.1. The average molecular weight is 410 g/mol. The van der Waals surface area contributed by atoms with Crippen LogP contribution in [0, 0.1) is 0 Å². The lowest BCUT2D eigenvalue weighted by atomic mass is 10.1. The van der Waals surface area contributed by atoms with Gasteiger partial charge in [0.1, 0.15) is 5.75 Å². The number of para-hydroxylation sites is 1. The molecule has 0 atom stereocenters. The molecule has 1 aliphatic carbocycles. The molecule has 0 bridgehead atoms. The third kappa shape index (κ3) is 3.46. The van der Waals surface area contributed by atoms with E-state index in [2.05, 4.69) is 31.4 Å². The molecule has 3 aromatic rings. The van der Waals surface area contributed by atoms with Gasteiger partial charge in [-0.15, -0.1) is 0 Å². The molecule has 5 nitrogen and oxygen atoms in total. The monoisotopic (exact) mass is 409 g/mol. The van der Waals surface area contributed by atoms with Gasteiger partial charge in [-0.25, -0.2) is 5.43 Å². The summed E-state index contributed by atoms with van der Waals surface area (Å²) in [5, 5.41) is 14.6. The van der Waals surface area contributed by atoms with Crippen LogP contribution in [0.5, 0.6) is 5.75 Å². The lowest BCUT2D eigenvalue weighted by Gasteiger charge is -2.08. The number of phenolic OH excluding ortho intramolecular Hbond substituents is 1. The van der Waals surface area contributed by atoms with E-state index in [-0.39, 0.29) is 11.7 Å². The Hall–Kier alpha value is -2.73. The van der Waals surface area contributed by atoms with Crippen molar-refractivity contribution < 1.29 is 9.90 Å². The fourth-order valence-electron chi connectivity index (χ4n) is 2.82. The SMILES string of the molecule is O=C(NN=Cc1cc(Br)ccc1O)c1cc(C2CC2)nc2ccccc12. The number of carbonyl (C=O) groups excluding carboxylic acids is 1. The second kappa shape index (κ2) is 6.88. The molecule has 4 rings (SSSR count). The number of phenols is 1. The highest BCUT2D eigenvalue weighted by Crippen LogP contribution is 2.40. The van der Waals surface area contributed by atoms with Crippen molar-refractivity contribution in [1.82, 2.24) is 10.4 Å². The van der Waals surface area contributed by atoms with Gasteiger partial charge >= 0.3 is 0 Å². The number of pyridine rings is 1. The fraction of sp³-hybridized carbons (Fsp3) is 0.150. The molecule has 2 aromatic carbocycles. The number of benzene rings is 2. The standard InChI is InChI=1S/C20H16BrN3O2/c21-14-7-8-19(25)13(9-14)11-22-24-20(26)16-10-18(12-5-6-12)23-17-4-2-1-3-15(16)17/h1-4,7-12,25H,5-6H2,(H,24,26). The molecule has 1 amide bonds. The minimum absolute atomic E-state index is 0.0941. The zero-order valence-electron chi connectivity index (χ0n) is 13.8. The lowest BCUT2D eigenvalue weighted by molar-refractivity contribution is 0.0956. The normalized spacial score (nSPS) is 14.0. The number of hydrogen-bond acceptors (Lipinski definition) is 4. The van der Waals surface area contributed by atoms with Crippen LogP contribution in [0.3, 0.4) is 0 Å². The van der Waals surface area contributed by atoms with Crippen molar-refractivity contribution in [3.8, 4) is 5.75 Å². The molecule has 130 valence electrons. The molecule has 6 heteroatoms. The quantitative estimate of drug-likeness (QED) is 0.496. The minimum atomic E-state index is -0.295. The van der Waals surface area contributed by atoms with Crippen molar-refractivity contribution >= 4 is 39.0 Å². The molecule has 0 radical (unpaired) electrons. The highest BCUT2D eigenvalue weighted by molar-refractivity contribution is 9.10. The van der Waals surface area contributed by atoms with E-state index in [1.54, 1.807) is 18.2 Å². The van der Waals surface area contributed by atoms with E-state index in [4.69, 9.17) is 0 Å². The van der Waals surface area contributed by atoms with E-state index in [0.717, 1.165) is 33.9 Å². The van der Waals surface area contributed by atoms with Gasteiger partial charge in [-0.2, -0.15) is 5.10 Å². The third-order valence-electron chi connectivity index (χ3n) is 4.34. The number of nitrogens with zero attached hydrogens (tertiary/aromatic N) is 2. The summed E-state index contributed by atoms with van der Waals surface area (Å²) in [6, 6.07) is 14.5. The molecule has 1 aliphatic rings. The molecule has 0 spiro atoms. The molecular formula is C20H16BrN3O2. The smallest absolute Gasteiger partial charge is 0.272 e. The van der Waals surface area contributed by atoms with Gasteiger partial charge in [0.15, 0.2) is 0 Å². The molecule has 2 N–H and O–H groups in total. The van der Waals surface area contributed by atoms with E-state index >= 15 is 0 Å². The van der Waals surface area contributed by atoms with E-state index in [1.165, 1.54) is 6.21 Å². The average Bonchev–Trinajstić information content (AvgIpc) is 3.48. The number of carbonyl (C=O) groups is 1. The number of halogens is 1. The molecule has 1 heterocycles. The Balaban J connectivity index is 1.61. The Kier molecular flexibility index (Phi) is 4.42. The Bertz CT molecular complexity index is 1030. The fourth-order valence-corrected chi connectivity index (χ4v) is 3.20. The number of nitrogens with one attached hydrogen (secondary N) is 1. The van der Waals surface area contributed by atoms with Crippen molar-refractivity contribution in [2.24, 2.45) is 5.10 Å². The van der Waals surface area contributed by atoms with Gasteiger partial charge in [0.2, 0.25) is 0 Å². The Labute approximate surface area is 158 Å². The molecule has 0 saturated heterocycles. The molecule has 1 fully saturated rings. The summed E-state index contributed by atoms with van der Waals surface area (Å²) < 4.78 is 0.817. The maximum Gasteiger partial charge on any atom is 0.272 e. The van der Waals surface area contributed by atoms with Crippen LogP contribution in [0.1, 0.15) is 40.4 Å². The Morgan fingerprint density at radius 1 is 1.23 bits per heavy atom. The second-order valence-corrected chi connectivity index (χ2v) is 7.20. The molecule has 26 heavy (non-hydrogen) atoms. The first-order valence-electron chi connectivity index (χ1n) is 8.33. The number of amides is 1. The third-order valence-corrected chi connectivity index (χ3v) is 4.83. The lowest BCUT2D eigenvalue weighted by Crippen LogP contribution is -2.18. The topological polar surface area (TPSA) is 74.6 Å². The highest BCUT2D eigenvalue weighted by Gasteiger charge is 2.26. The maximum absolute atomic E-state index is 12.7. The molecule has 1 saturated carbocycles. The minimum Gasteiger partial charge on any atom is -0.507 e. The first-order valence-corrected chi connectivity index (χ1v) is 9.13. The van der Waals surface area contributed by atoms with Gasteiger partial charge in [0.05, 0.1) is 17.3 Å². The van der Waals surface area contributed by atoms with Crippen LogP contribution in [0.4, 0.5) is 0 Å². The van der Waals surface area contributed by atoms with Gasteiger partial charge in [-0.05, 0) is 43.2 Å². The summed E-state index contributed by atoms with van der Waals surface area (Å²) in [7, 11) is 0. The largest absolute Gasteiger partial charge is 0.507 e. The van der Waals surface area contributed by atoms with Crippen LogP contribution in [-0.4, -0.2) is 22.2 Å². The summed E-state index contributed by atoms with van der Waals surface area (Å²) in [4.78, 5) is 17.3. The van der Waals surface area contributed by atoms with Crippen molar-refractivity contribution in [2.75, 3.05) is 0 Å². The predicted octanol–water partition coefficient (Wildman–Crippen LogP) is 4.34. The van der Waals surface area contributed by atoms with Gasteiger partial charge in [0.25, 0.3) is 5.91 Å². The number of fused-ring (bicyclic) bond motifs is 1. The summed E-state index contributed by atoms with van der Waals surface area (Å²) in [5.74, 6) is 0.251. The Morgan fingerprint density at radius 3 is 2.85 bits per heavy atom. The number of aromatic hydroxyl groups is 1. The van der Waals surface area contributed by atoms with Gasteiger partial charge < -0.3 is 5.11 Å². The molecule has 0 unspecified atom stereocenters. The van der Waals surface area contributed by atoms with Crippen LogP contribution in [0.2, 0.25) is 0 Å². The van der Waals surface area contributed by atoms with Crippen molar-refractivity contribution in [3.63, 3.8) is 0 Å². The van der Waals surface area contributed by atoms with Crippen molar-refractivity contribution in [2.45, 2.75) is 18.8 Å². The maximum atomic E-state index is 12.7. The van der Waals surface area contributed by atoms with Crippen LogP contribution in [0.15, 0.2) is 58.1 Å². The van der Waals surface area contributed by atoms with Gasteiger partial charge in [0, 0.05) is 27.0 Å². The van der Waals surface area contributed by atoms with Gasteiger partial charge in [-0.1, -0.05) is 34.1 Å². The summed E-state index contributed by atoms with van der Waals surface area (Å²) in [6.07, 6.45) is 3.66. The summed E-state index contributed by atoms with van der Waals surface area (Å²) in [5.41, 5.74) is 5.40. The first kappa shape index (κ1) is 16.7. The van der Waals surface area contributed by atoms with E-state index in [0.29, 0.717) is 17.0 Å². The van der Waals surface area contributed by atoms with Crippen molar-refractivity contribution in [1.29, 1.82) is 0 Å². The molecular weight excluding hydrogens is 394 g/mol.